The van der Waals surface area contributed by atoms with Crippen molar-refractivity contribution in [3.8, 4) is 11.5 Å². The molecule has 162 valence electrons. The first-order chi connectivity index (χ1) is 15.1. The number of methoxy groups -OCH3 is 1. The molecule has 1 aliphatic rings. The Kier molecular flexibility index (Phi) is 6.55. The van der Waals surface area contributed by atoms with Crippen molar-refractivity contribution < 1.29 is 14.3 Å². The number of rotatable bonds is 7. The molecule has 0 radical (unpaired) electrons. The number of hydrogen-bond acceptors (Lipinski definition) is 5. The third-order valence-corrected chi connectivity index (χ3v) is 5.80. The summed E-state index contributed by atoms with van der Waals surface area (Å²) in [5, 5.41) is 7.87. The summed E-state index contributed by atoms with van der Waals surface area (Å²) in [5.41, 5.74) is 2.24. The lowest BCUT2D eigenvalue weighted by Crippen LogP contribution is -2.42. The molecule has 6 nitrogen and oxygen atoms in total. The van der Waals surface area contributed by atoms with Gasteiger partial charge in [0.05, 0.1) is 12.6 Å². The normalized spacial score (nSPS) is 18.4. The van der Waals surface area contributed by atoms with E-state index in [0.717, 1.165) is 37.0 Å². The highest BCUT2D eigenvalue weighted by Gasteiger charge is 2.23. The largest absolute Gasteiger partial charge is 0.493 e. The lowest BCUT2D eigenvalue weighted by atomic mass is 9.91. The second kappa shape index (κ2) is 9.69. The molecule has 1 fully saturated rings. The van der Waals surface area contributed by atoms with E-state index >= 15 is 0 Å². The van der Waals surface area contributed by atoms with Gasteiger partial charge in [0.2, 0.25) is 0 Å². The predicted octanol–water partition coefficient (Wildman–Crippen LogP) is 4.47. The van der Waals surface area contributed by atoms with Gasteiger partial charge in [-0.2, -0.15) is 0 Å². The van der Waals surface area contributed by atoms with Crippen molar-refractivity contribution in [1.29, 1.82) is 0 Å². The molecule has 0 bridgehead atoms. The van der Waals surface area contributed by atoms with E-state index in [1.54, 1.807) is 13.2 Å². The third kappa shape index (κ3) is 5.26. The fourth-order valence-electron chi connectivity index (χ4n) is 4.17. The van der Waals surface area contributed by atoms with Crippen molar-refractivity contribution in [3.63, 3.8) is 0 Å². The van der Waals surface area contributed by atoms with Crippen molar-refractivity contribution in [2.75, 3.05) is 19.0 Å². The first-order valence-corrected chi connectivity index (χ1v) is 10.8. The van der Waals surface area contributed by atoms with Crippen LogP contribution in [0.3, 0.4) is 0 Å². The number of anilines is 1. The van der Waals surface area contributed by atoms with Crippen LogP contribution in [0.25, 0.3) is 10.9 Å². The number of aromatic nitrogens is 1. The number of benzene rings is 2. The molecule has 31 heavy (non-hydrogen) atoms. The highest BCUT2D eigenvalue weighted by molar-refractivity contribution is 5.83. The quantitative estimate of drug-likeness (QED) is 0.591. The van der Waals surface area contributed by atoms with Gasteiger partial charge in [0, 0.05) is 17.5 Å². The summed E-state index contributed by atoms with van der Waals surface area (Å²) in [4.78, 5) is 17.1. The molecule has 1 amide bonds. The standard InChI is InChI=1S/C25H29N3O3/c1-17-15-24(28-21-8-4-3-7-20(17)21)26-18-11-13-19(14-12-18)27-25(29)16-31-23-10-6-5-9-22(23)30-2/h3-10,15,18-19H,11-14,16H2,1-2H3,(H,26,28)(H,27,29). The summed E-state index contributed by atoms with van der Waals surface area (Å²) in [6, 6.07) is 18.2. The van der Waals surface area contributed by atoms with Crippen LogP contribution in [0, 0.1) is 6.92 Å². The van der Waals surface area contributed by atoms with Crippen LogP contribution in [0.15, 0.2) is 54.6 Å². The van der Waals surface area contributed by atoms with Crippen molar-refractivity contribution in [1.82, 2.24) is 10.3 Å². The number of pyridine rings is 1. The molecular weight excluding hydrogens is 390 g/mol. The molecule has 1 aromatic heterocycles. The van der Waals surface area contributed by atoms with Crippen LogP contribution < -0.4 is 20.1 Å². The molecule has 1 aliphatic carbocycles. The van der Waals surface area contributed by atoms with Crippen molar-refractivity contribution >= 4 is 22.6 Å². The zero-order chi connectivity index (χ0) is 21.6. The Hall–Kier alpha value is -3.28. The van der Waals surface area contributed by atoms with Crippen molar-refractivity contribution in [3.05, 3.63) is 60.2 Å². The van der Waals surface area contributed by atoms with Crippen LogP contribution in [0.2, 0.25) is 0 Å². The van der Waals surface area contributed by atoms with Gasteiger partial charge >= 0.3 is 0 Å². The van der Waals surface area contributed by atoms with E-state index in [-0.39, 0.29) is 18.6 Å². The second-order valence-electron chi connectivity index (χ2n) is 8.04. The van der Waals surface area contributed by atoms with Gasteiger partial charge in [-0.25, -0.2) is 4.98 Å². The molecule has 4 rings (SSSR count). The van der Waals surface area contributed by atoms with Crippen LogP contribution in [0.4, 0.5) is 5.82 Å². The van der Waals surface area contributed by atoms with Gasteiger partial charge in [-0.3, -0.25) is 4.79 Å². The summed E-state index contributed by atoms with van der Waals surface area (Å²) < 4.78 is 10.9. The average Bonchev–Trinajstić information content (AvgIpc) is 2.79. The van der Waals surface area contributed by atoms with Crippen LogP contribution in [0.5, 0.6) is 11.5 Å². The Labute approximate surface area is 183 Å². The highest BCUT2D eigenvalue weighted by Crippen LogP contribution is 2.26. The molecule has 1 heterocycles. The molecule has 1 saturated carbocycles. The lowest BCUT2D eigenvalue weighted by molar-refractivity contribution is -0.124. The molecule has 0 atom stereocenters. The molecule has 6 heteroatoms. The fraction of sp³-hybridized carbons (Fsp3) is 0.360. The Morgan fingerprint density at radius 3 is 2.45 bits per heavy atom. The third-order valence-electron chi connectivity index (χ3n) is 5.80. The van der Waals surface area contributed by atoms with Gasteiger partial charge in [0.15, 0.2) is 18.1 Å². The molecule has 0 aliphatic heterocycles. The maximum atomic E-state index is 12.3. The van der Waals surface area contributed by atoms with Gasteiger partial charge in [-0.05, 0) is 62.4 Å². The number of amides is 1. The van der Waals surface area contributed by atoms with Crippen LogP contribution in [-0.2, 0) is 4.79 Å². The second-order valence-corrected chi connectivity index (χ2v) is 8.04. The fourth-order valence-corrected chi connectivity index (χ4v) is 4.17. The van der Waals surface area contributed by atoms with E-state index in [1.165, 1.54) is 10.9 Å². The molecular formula is C25H29N3O3. The predicted molar refractivity (Wildman–Crippen MR) is 123 cm³/mol. The van der Waals surface area contributed by atoms with Gasteiger partial charge in [0.1, 0.15) is 5.82 Å². The van der Waals surface area contributed by atoms with Gasteiger partial charge in [-0.15, -0.1) is 0 Å². The first-order valence-electron chi connectivity index (χ1n) is 10.8. The number of carbonyl (C=O) groups excluding carboxylic acids is 1. The molecule has 0 spiro atoms. The van der Waals surface area contributed by atoms with Gasteiger partial charge in [-0.1, -0.05) is 30.3 Å². The van der Waals surface area contributed by atoms with Crippen LogP contribution in [-0.4, -0.2) is 36.7 Å². The zero-order valence-electron chi connectivity index (χ0n) is 18.1. The van der Waals surface area contributed by atoms with Crippen molar-refractivity contribution in [2.24, 2.45) is 0 Å². The minimum Gasteiger partial charge on any atom is -0.493 e. The number of aryl methyl sites for hydroxylation is 1. The Morgan fingerprint density at radius 1 is 1.00 bits per heavy atom. The van der Waals surface area contributed by atoms with E-state index < -0.39 is 0 Å². The van der Waals surface area contributed by atoms with Crippen LogP contribution >= 0.6 is 0 Å². The summed E-state index contributed by atoms with van der Waals surface area (Å²) in [6.07, 6.45) is 3.85. The molecule has 3 aromatic rings. The van der Waals surface area contributed by atoms with Crippen molar-refractivity contribution in [2.45, 2.75) is 44.7 Å². The van der Waals surface area contributed by atoms with Gasteiger partial charge < -0.3 is 20.1 Å². The highest BCUT2D eigenvalue weighted by atomic mass is 16.5. The van der Waals surface area contributed by atoms with E-state index in [4.69, 9.17) is 14.5 Å². The zero-order valence-corrected chi connectivity index (χ0v) is 18.1. The monoisotopic (exact) mass is 419 g/mol. The lowest BCUT2D eigenvalue weighted by Gasteiger charge is -2.30. The van der Waals surface area contributed by atoms with E-state index in [0.29, 0.717) is 17.5 Å². The van der Waals surface area contributed by atoms with E-state index in [9.17, 15) is 4.79 Å². The van der Waals surface area contributed by atoms with Crippen LogP contribution in [0.1, 0.15) is 31.2 Å². The number of carbonyl (C=O) groups is 1. The van der Waals surface area contributed by atoms with Gasteiger partial charge in [0.25, 0.3) is 5.91 Å². The Bertz CT molecular complexity index is 1050. The number of para-hydroxylation sites is 3. The summed E-state index contributed by atoms with van der Waals surface area (Å²) in [6.45, 7) is 2.10. The number of nitrogens with zero attached hydrogens (tertiary/aromatic N) is 1. The minimum atomic E-state index is -0.103. The molecule has 2 N–H and O–H groups in total. The smallest absolute Gasteiger partial charge is 0.258 e. The summed E-state index contributed by atoms with van der Waals surface area (Å²) >= 11 is 0. The van der Waals surface area contributed by atoms with E-state index in [1.807, 2.05) is 36.4 Å². The maximum absolute atomic E-state index is 12.3. The first kappa shape index (κ1) is 21.0. The topological polar surface area (TPSA) is 72.5 Å². The SMILES string of the molecule is COc1ccccc1OCC(=O)NC1CCC(Nc2cc(C)c3ccccc3n2)CC1. The number of ether oxygens (including phenoxy) is 2. The molecule has 2 aromatic carbocycles. The average molecular weight is 420 g/mol. The Morgan fingerprint density at radius 2 is 1.68 bits per heavy atom. The minimum absolute atomic E-state index is 0.0150. The Balaban J connectivity index is 1.25. The molecule has 0 unspecified atom stereocenters. The summed E-state index contributed by atoms with van der Waals surface area (Å²) in [7, 11) is 1.59. The molecule has 0 saturated heterocycles. The number of fused-ring (bicyclic) bond motifs is 1. The number of hydrogen-bond donors (Lipinski definition) is 2. The number of nitrogens with one attached hydrogen (secondary N) is 2. The maximum Gasteiger partial charge on any atom is 0.258 e. The van der Waals surface area contributed by atoms with E-state index in [2.05, 4.69) is 29.7 Å². The summed E-state index contributed by atoms with van der Waals surface area (Å²) in [5.74, 6) is 2.02.